The van der Waals surface area contributed by atoms with E-state index in [9.17, 15) is 4.79 Å². The van der Waals surface area contributed by atoms with Crippen molar-refractivity contribution < 1.29 is 4.79 Å². The highest BCUT2D eigenvalue weighted by Gasteiger charge is 2.11. The van der Waals surface area contributed by atoms with Gasteiger partial charge in [0, 0.05) is 32.8 Å². The molecule has 90 valence electrons. The number of carbonyl (C=O) groups excluding carboxylic acids is 1. The van der Waals surface area contributed by atoms with Crippen LogP contribution in [0.25, 0.3) is 0 Å². The van der Waals surface area contributed by atoms with Crippen molar-refractivity contribution >= 4 is 11.6 Å². The second-order valence-electron chi connectivity index (χ2n) is 3.94. The van der Waals surface area contributed by atoms with E-state index in [0.717, 1.165) is 17.8 Å². The van der Waals surface area contributed by atoms with Crippen LogP contribution in [0.3, 0.4) is 0 Å². The summed E-state index contributed by atoms with van der Waals surface area (Å²) >= 11 is 0. The number of hydrogen-bond acceptors (Lipinski definition) is 3. The summed E-state index contributed by atoms with van der Waals surface area (Å²) in [6.07, 6.45) is 3.30. The Kier molecular flexibility index (Phi) is 4.34. The van der Waals surface area contributed by atoms with Gasteiger partial charge in [-0.05, 0) is 13.3 Å². The molecule has 0 saturated heterocycles. The molecule has 0 radical (unpaired) electrons. The van der Waals surface area contributed by atoms with Gasteiger partial charge in [-0.3, -0.25) is 9.48 Å². The van der Waals surface area contributed by atoms with Crippen LogP contribution < -0.4 is 10.6 Å². The molecule has 0 saturated carbocycles. The van der Waals surface area contributed by atoms with Gasteiger partial charge in [0.25, 0.3) is 0 Å². The Labute approximate surface area is 96.2 Å². The lowest BCUT2D eigenvalue weighted by molar-refractivity contribution is -0.120. The number of hydrogen-bond donors (Lipinski definition) is 2. The van der Waals surface area contributed by atoms with E-state index in [-0.39, 0.29) is 11.9 Å². The first kappa shape index (κ1) is 12.5. The molecule has 1 amide bonds. The van der Waals surface area contributed by atoms with E-state index in [1.807, 2.05) is 20.2 Å². The van der Waals surface area contributed by atoms with Crippen LogP contribution in [0.4, 0.5) is 5.69 Å². The summed E-state index contributed by atoms with van der Waals surface area (Å²) in [5.74, 6) is 0.0435. The number of anilines is 1. The summed E-state index contributed by atoms with van der Waals surface area (Å²) in [5, 5.41) is 10.3. The molecule has 5 nitrogen and oxygen atoms in total. The van der Waals surface area contributed by atoms with Crippen molar-refractivity contribution in [1.29, 1.82) is 0 Å². The molecule has 1 atom stereocenters. The second kappa shape index (κ2) is 5.53. The molecule has 5 heteroatoms. The van der Waals surface area contributed by atoms with Crippen molar-refractivity contribution in [2.45, 2.75) is 32.7 Å². The monoisotopic (exact) mass is 224 g/mol. The van der Waals surface area contributed by atoms with Crippen LogP contribution in [-0.2, 0) is 18.3 Å². The maximum Gasteiger partial charge on any atom is 0.221 e. The fraction of sp³-hybridized carbons (Fsp3) is 0.636. The fourth-order valence-electron chi connectivity index (χ4n) is 1.61. The highest BCUT2D eigenvalue weighted by molar-refractivity contribution is 5.76. The summed E-state index contributed by atoms with van der Waals surface area (Å²) < 4.78 is 1.79. The number of amides is 1. The lowest BCUT2D eigenvalue weighted by Crippen LogP contribution is -2.26. The average Bonchev–Trinajstić information content (AvgIpc) is 2.58. The first-order valence-corrected chi connectivity index (χ1v) is 5.56. The second-order valence-corrected chi connectivity index (χ2v) is 3.94. The number of nitrogens with one attached hydrogen (secondary N) is 2. The minimum Gasteiger partial charge on any atom is -0.379 e. The van der Waals surface area contributed by atoms with E-state index in [0.29, 0.717) is 6.42 Å². The zero-order valence-electron chi connectivity index (χ0n) is 10.4. The normalized spacial score (nSPS) is 12.2. The third kappa shape index (κ3) is 3.25. The van der Waals surface area contributed by atoms with E-state index in [2.05, 4.69) is 22.7 Å². The van der Waals surface area contributed by atoms with E-state index in [4.69, 9.17) is 0 Å². The summed E-state index contributed by atoms with van der Waals surface area (Å²) in [6.45, 7) is 4.05. The van der Waals surface area contributed by atoms with Gasteiger partial charge in [-0.25, -0.2) is 0 Å². The molecule has 0 aliphatic carbocycles. The van der Waals surface area contributed by atoms with Crippen molar-refractivity contribution in [3.8, 4) is 0 Å². The third-order valence-corrected chi connectivity index (χ3v) is 2.41. The van der Waals surface area contributed by atoms with Crippen LogP contribution in [-0.4, -0.2) is 28.8 Å². The number of aryl methyl sites for hydroxylation is 2. The summed E-state index contributed by atoms with van der Waals surface area (Å²) in [7, 11) is 3.55. The molecule has 1 rings (SSSR count). The lowest BCUT2D eigenvalue weighted by Gasteiger charge is -2.13. The highest BCUT2D eigenvalue weighted by Crippen LogP contribution is 2.15. The maximum atomic E-state index is 11.2. The van der Waals surface area contributed by atoms with Gasteiger partial charge in [-0.15, -0.1) is 0 Å². The third-order valence-electron chi connectivity index (χ3n) is 2.41. The summed E-state index contributed by atoms with van der Waals surface area (Å²) in [5.41, 5.74) is 2.05. The zero-order chi connectivity index (χ0) is 12.1. The molecule has 0 fully saturated rings. The number of carbonyl (C=O) groups is 1. The van der Waals surface area contributed by atoms with Crippen LogP contribution >= 0.6 is 0 Å². The molecule has 0 bridgehead atoms. The summed E-state index contributed by atoms with van der Waals surface area (Å²) in [4.78, 5) is 11.2. The van der Waals surface area contributed by atoms with Gasteiger partial charge >= 0.3 is 0 Å². The molecule has 1 aromatic heterocycles. The number of aromatic nitrogens is 2. The minimum absolute atomic E-state index is 0.0435. The van der Waals surface area contributed by atoms with Crippen molar-refractivity contribution in [2.24, 2.45) is 7.05 Å². The van der Waals surface area contributed by atoms with Crippen LogP contribution in [0.15, 0.2) is 6.20 Å². The van der Waals surface area contributed by atoms with Gasteiger partial charge in [0.1, 0.15) is 0 Å². The predicted molar refractivity (Wildman–Crippen MR) is 64.4 cm³/mol. The maximum absolute atomic E-state index is 11.2. The van der Waals surface area contributed by atoms with Gasteiger partial charge in [-0.2, -0.15) is 5.10 Å². The van der Waals surface area contributed by atoms with Gasteiger partial charge in [0.2, 0.25) is 5.91 Å². The molecule has 0 aliphatic heterocycles. The van der Waals surface area contributed by atoms with Crippen molar-refractivity contribution in [1.82, 2.24) is 15.1 Å². The van der Waals surface area contributed by atoms with Gasteiger partial charge < -0.3 is 10.6 Å². The molecule has 1 heterocycles. The molecule has 2 N–H and O–H groups in total. The fourth-order valence-corrected chi connectivity index (χ4v) is 1.61. The SMILES string of the molecule is CCc1nn(C)cc1NC(C)CC(=O)NC. The van der Waals surface area contributed by atoms with Crippen LogP contribution in [0.2, 0.25) is 0 Å². The lowest BCUT2D eigenvalue weighted by atomic mass is 10.2. The van der Waals surface area contributed by atoms with Crippen molar-refractivity contribution in [3.05, 3.63) is 11.9 Å². The van der Waals surface area contributed by atoms with E-state index < -0.39 is 0 Å². The quantitative estimate of drug-likeness (QED) is 0.782. The zero-order valence-corrected chi connectivity index (χ0v) is 10.4. The Hall–Kier alpha value is -1.52. The van der Waals surface area contributed by atoms with E-state index in [1.54, 1.807) is 11.7 Å². The molecule has 1 unspecified atom stereocenters. The van der Waals surface area contributed by atoms with Crippen molar-refractivity contribution in [3.63, 3.8) is 0 Å². The van der Waals surface area contributed by atoms with E-state index >= 15 is 0 Å². The van der Waals surface area contributed by atoms with Gasteiger partial charge in [0.15, 0.2) is 0 Å². The average molecular weight is 224 g/mol. The van der Waals surface area contributed by atoms with Crippen LogP contribution in [0, 0.1) is 0 Å². The highest BCUT2D eigenvalue weighted by atomic mass is 16.1. The van der Waals surface area contributed by atoms with E-state index in [1.165, 1.54) is 0 Å². The smallest absolute Gasteiger partial charge is 0.221 e. The summed E-state index contributed by atoms with van der Waals surface area (Å²) in [6, 6.07) is 0.106. The Morgan fingerprint density at radius 1 is 1.62 bits per heavy atom. The molecule has 0 spiro atoms. The molecule has 1 aromatic rings. The Balaban J connectivity index is 2.61. The molecular formula is C11H20N4O. The minimum atomic E-state index is 0.0435. The van der Waals surface area contributed by atoms with Crippen LogP contribution in [0.1, 0.15) is 26.0 Å². The van der Waals surface area contributed by atoms with Gasteiger partial charge in [0.05, 0.1) is 11.4 Å². The number of rotatable bonds is 5. The molecule has 0 aliphatic rings. The van der Waals surface area contributed by atoms with Crippen LogP contribution in [0.5, 0.6) is 0 Å². The number of nitrogens with zero attached hydrogens (tertiary/aromatic N) is 2. The molecule has 0 aromatic carbocycles. The molecule has 16 heavy (non-hydrogen) atoms. The van der Waals surface area contributed by atoms with Crippen molar-refractivity contribution in [2.75, 3.05) is 12.4 Å². The topological polar surface area (TPSA) is 59.0 Å². The Morgan fingerprint density at radius 2 is 2.31 bits per heavy atom. The standard InChI is InChI=1S/C11H20N4O/c1-5-9-10(7-15(4)14-9)13-8(2)6-11(16)12-3/h7-8,13H,5-6H2,1-4H3,(H,12,16). The van der Waals surface area contributed by atoms with Gasteiger partial charge in [-0.1, -0.05) is 6.92 Å². The Morgan fingerprint density at radius 3 is 2.88 bits per heavy atom. The molecular weight excluding hydrogens is 204 g/mol. The Bertz CT molecular complexity index is 359. The predicted octanol–water partition coefficient (Wildman–Crippen LogP) is 0.919. The largest absolute Gasteiger partial charge is 0.379 e. The first-order valence-electron chi connectivity index (χ1n) is 5.56. The first-order chi connectivity index (χ1) is 7.56.